The van der Waals surface area contributed by atoms with Crippen molar-refractivity contribution in [1.29, 1.82) is 0 Å². The van der Waals surface area contributed by atoms with E-state index >= 15 is 0 Å². The Morgan fingerprint density at radius 2 is 1.95 bits per heavy atom. The predicted molar refractivity (Wildman–Crippen MR) is 161 cm³/mol. The SMILES string of the molecule is CC(C)C1=CC2CC3(C=O)[C@@H]4CC[C@@H](C)[C@H]4CC2(C2CC(C4CCCCC4)C(CNCc4ccccn4)O2)[C@]13C(=O)O. The molecule has 10 atom stereocenters. The number of carbonyl (C=O) groups is 2. The second-order valence-electron chi connectivity index (χ2n) is 15.3. The number of aldehydes is 1. The molecule has 1 aromatic rings. The number of allylic oxidation sites excluding steroid dienone is 1. The lowest BCUT2D eigenvalue weighted by molar-refractivity contribution is -0.197. The average molecular weight is 575 g/mol. The van der Waals surface area contributed by atoms with E-state index in [-0.39, 0.29) is 30.0 Å². The third kappa shape index (κ3) is 3.72. The Morgan fingerprint density at radius 3 is 2.64 bits per heavy atom. The first-order chi connectivity index (χ1) is 20.3. The van der Waals surface area contributed by atoms with E-state index in [1.165, 1.54) is 32.1 Å². The Balaban J connectivity index is 1.28. The van der Waals surface area contributed by atoms with Gasteiger partial charge >= 0.3 is 5.97 Å². The first kappa shape index (κ1) is 28.7. The number of carboxylic acids is 1. The Hall–Kier alpha value is -2.05. The highest BCUT2D eigenvalue weighted by Crippen LogP contribution is 2.84. The van der Waals surface area contributed by atoms with Gasteiger partial charge in [-0.05, 0) is 79.2 Å². The smallest absolute Gasteiger partial charge is 0.315 e. The maximum Gasteiger partial charge on any atom is 0.315 e. The molecule has 1 saturated heterocycles. The second kappa shape index (κ2) is 10.5. The minimum Gasteiger partial charge on any atom is -0.481 e. The molecule has 6 unspecified atom stereocenters. The van der Waals surface area contributed by atoms with Gasteiger partial charge in [0.2, 0.25) is 0 Å². The van der Waals surface area contributed by atoms with Crippen molar-refractivity contribution in [3.05, 3.63) is 41.7 Å². The fraction of sp³-hybridized carbons (Fsp3) is 0.750. The van der Waals surface area contributed by atoms with Crippen molar-refractivity contribution < 1.29 is 19.4 Å². The number of pyridine rings is 1. The molecule has 228 valence electrons. The number of nitrogens with zero attached hydrogens (tertiary/aromatic N) is 1. The van der Waals surface area contributed by atoms with Crippen LogP contribution in [0.25, 0.3) is 0 Å². The minimum absolute atomic E-state index is 0.0499. The molecule has 1 aliphatic heterocycles. The van der Waals surface area contributed by atoms with Crippen LogP contribution in [0.4, 0.5) is 0 Å². The number of hydrogen-bond donors (Lipinski definition) is 2. The Labute approximate surface area is 251 Å². The summed E-state index contributed by atoms with van der Waals surface area (Å²) in [6, 6.07) is 6.02. The van der Waals surface area contributed by atoms with Gasteiger partial charge in [0, 0.05) is 24.7 Å². The summed E-state index contributed by atoms with van der Waals surface area (Å²) < 4.78 is 7.29. The standard InChI is InChI=1S/C36H50N2O4/c1-22(2)30-15-25-17-34(21-39)29-13-12-23(3)28(29)18-35(25,36(30,34)33(40)41)32-16-27(24-9-5-4-6-10-24)31(42-32)20-37-19-26-11-7-8-14-38-26/h7-8,11,14-15,21-25,27-29,31-32,37H,4-6,9-10,12-13,16-20H2,1-3H3,(H,40,41)/t23-,25?,27?,28-,29-,31?,32?,34?,35?,36+/m1/s1. The summed E-state index contributed by atoms with van der Waals surface area (Å²) in [6.07, 6.45) is 16.1. The molecule has 7 rings (SSSR count). The summed E-state index contributed by atoms with van der Waals surface area (Å²) in [7, 11) is 0. The van der Waals surface area contributed by atoms with E-state index in [9.17, 15) is 14.7 Å². The Bertz CT molecular complexity index is 1230. The van der Waals surface area contributed by atoms with Crippen LogP contribution >= 0.6 is 0 Å². The van der Waals surface area contributed by atoms with Gasteiger partial charge in [0.05, 0.1) is 23.3 Å². The fourth-order valence-corrected chi connectivity index (χ4v) is 12.1. The zero-order valence-electron chi connectivity index (χ0n) is 25.8. The van der Waals surface area contributed by atoms with Crippen molar-refractivity contribution in [3.8, 4) is 0 Å². The van der Waals surface area contributed by atoms with Crippen molar-refractivity contribution in [2.45, 2.75) is 104 Å². The summed E-state index contributed by atoms with van der Waals surface area (Å²) in [5.41, 5.74) is -0.504. The molecule has 0 spiro atoms. The van der Waals surface area contributed by atoms with Crippen LogP contribution in [0, 0.1) is 57.7 Å². The molecule has 6 aliphatic rings. The zero-order chi connectivity index (χ0) is 29.3. The van der Waals surface area contributed by atoms with Gasteiger partial charge in [0.25, 0.3) is 0 Å². The van der Waals surface area contributed by atoms with Crippen molar-refractivity contribution in [3.63, 3.8) is 0 Å². The Morgan fingerprint density at radius 1 is 1.14 bits per heavy atom. The number of carboxylic acid groups (broad SMARTS) is 1. The first-order valence-corrected chi connectivity index (χ1v) is 17.0. The van der Waals surface area contributed by atoms with Gasteiger partial charge in [-0.3, -0.25) is 9.78 Å². The largest absolute Gasteiger partial charge is 0.481 e. The van der Waals surface area contributed by atoms with E-state index in [4.69, 9.17) is 4.74 Å². The van der Waals surface area contributed by atoms with Crippen LogP contribution in [0.1, 0.15) is 90.7 Å². The molecule has 0 amide bonds. The van der Waals surface area contributed by atoms with Gasteiger partial charge in [-0.1, -0.05) is 77.0 Å². The first-order valence-electron chi connectivity index (χ1n) is 17.0. The van der Waals surface area contributed by atoms with E-state index in [0.29, 0.717) is 36.6 Å². The van der Waals surface area contributed by atoms with E-state index in [0.717, 1.165) is 49.8 Å². The molecular weight excluding hydrogens is 524 g/mol. The van der Waals surface area contributed by atoms with E-state index in [1.54, 1.807) is 0 Å². The molecule has 42 heavy (non-hydrogen) atoms. The molecular formula is C36H50N2O4. The molecule has 4 saturated carbocycles. The monoisotopic (exact) mass is 574 g/mol. The normalized spacial score (nSPS) is 44.4. The molecule has 0 radical (unpaired) electrons. The van der Waals surface area contributed by atoms with Gasteiger partial charge in [0.15, 0.2) is 0 Å². The topological polar surface area (TPSA) is 88.5 Å². The summed E-state index contributed by atoms with van der Waals surface area (Å²) >= 11 is 0. The van der Waals surface area contributed by atoms with Crippen LogP contribution in [0.5, 0.6) is 0 Å². The molecule has 2 N–H and O–H groups in total. The van der Waals surface area contributed by atoms with Crippen molar-refractivity contribution in [1.82, 2.24) is 10.3 Å². The van der Waals surface area contributed by atoms with Crippen molar-refractivity contribution >= 4 is 12.3 Å². The quantitative estimate of drug-likeness (QED) is 0.260. The number of nitrogens with one attached hydrogen (secondary N) is 1. The van der Waals surface area contributed by atoms with Crippen LogP contribution in [0.2, 0.25) is 0 Å². The van der Waals surface area contributed by atoms with Gasteiger partial charge in [-0.25, -0.2) is 0 Å². The highest BCUT2D eigenvalue weighted by Gasteiger charge is 2.86. The summed E-state index contributed by atoms with van der Waals surface area (Å²) in [5.74, 6) is 1.53. The van der Waals surface area contributed by atoms with Crippen LogP contribution < -0.4 is 5.32 Å². The molecule has 0 aromatic carbocycles. The number of hydrogen-bond acceptors (Lipinski definition) is 5. The highest BCUT2D eigenvalue weighted by molar-refractivity contribution is 5.90. The minimum atomic E-state index is -1.16. The summed E-state index contributed by atoms with van der Waals surface area (Å²) in [5, 5.41) is 15.2. The molecule has 1 aromatic heterocycles. The average Bonchev–Trinajstić information content (AvgIpc) is 3.71. The van der Waals surface area contributed by atoms with Crippen molar-refractivity contribution in [2.75, 3.05) is 6.54 Å². The van der Waals surface area contributed by atoms with Gasteiger partial charge in [0.1, 0.15) is 11.7 Å². The Kier molecular flexibility index (Phi) is 7.20. The van der Waals surface area contributed by atoms with E-state index < -0.39 is 22.2 Å². The van der Waals surface area contributed by atoms with Gasteiger partial charge in [-0.2, -0.15) is 0 Å². The third-order valence-corrected chi connectivity index (χ3v) is 13.5. The third-order valence-electron chi connectivity index (χ3n) is 13.5. The summed E-state index contributed by atoms with van der Waals surface area (Å²) in [6.45, 7) is 8.07. The van der Waals surface area contributed by atoms with Crippen LogP contribution in [-0.2, 0) is 20.9 Å². The maximum absolute atomic E-state index is 14.0. The van der Waals surface area contributed by atoms with Crippen LogP contribution in [0.3, 0.4) is 0 Å². The summed E-state index contributed by atoms with van der Waals surface area (Å²) in [4.78, 5) is 32.0. The zero-order valence-corrected chi connectivity index (χ0v) is 25.8. The van der Waals surface area contributed by atoms with Gasteiger partial charge < -0.3 is 20.0 Å². The van der Waals surface area contributed by atoms with E-state index in [2.05, 4.69) is 43.2 Å². The lowest BCUT2D eigenvalue weighted by atomic mass is 9.41. The lowest BCUT2D eigenvalue weighted by Crippen LogP contribution is -2.65. The highest BCUT2D eigenvalue weighted by atomic mass is 16.5. The van der Waals surface area contributed by atoms with Crippen molar-refractivity contribution in [2.24, 2.45) is 57.7 Å². The number of rotatable bonds is 9. The lowest BCUT2D eigenvalue weighted by Gasteiger charge is -2.60. The molecule has 5 aliphatic carbocycles. The molecule has 2 heterocycles. The molecule has 6 heteroatoms. The number of aromatic nitrogens is 1. The number of carbonyl (C=O) groups excluding carboxylic acids is 1. The number of fused-ring (bicyclic) bond motifs is 2. The molecule has 6 nitrogen and oxygen atoms in total. The maximum atomic E-state index is 14.0. The fourth-order valence-electron chi connectivity index (χ4n) is 12.1. The van der Waals surface area contributed by atoms with E-state index in [1.807, 2.05) is 18.3 Å². The number of ether oxygens (including phenoxy) is 1. The van der Waals surface area contributed by atoms with Gasteiger partial charge in [-0.15, -0.1) is 0 Å². The number of aliphatic carboxylic acids is 1. The predicted octanol–water partition coefficient (Wildman–Crippen LogP) is 6.45. The molecule has 5 fully saturated rings. The van der Waals surface area contributed by atoms with Crippen LogP contribution in [-0.4, -0.2) is 41.1 Å². The second-order valence-corrected chi connectivity index (χ2v) is 15.3. The van der Waals surface area contributed by atoms with Crippen LogP contribution in [0.15, 0.2) is 36.0 Å². The molecule has 4 bridgehead atoms.